The zero-order chi connectivity index (χ0) is 19.4. The summed E-state index contributed by atoms with van der Waals surface area (Å²) < 4.78 is 11.0. The minimum Gasteiger partial charge on any atom is -0.493 e. The van der Waals surface area contributed by atoms with E-state index in [4.69, 9.17) is 14.9 Å². The second kappa shape index (κ2) is 7.86. The van der Waals surface area contributed by atoms with Crippen LogP contribution < -0.4 is 15.8 Å². The number of hydrogen-bond acceptors (Lipinski definition) is 5. The topological polar surface area (TPSA) is 112 Å². The van der Waals surface area contributed by atoms with Crippen molar-refractivity contribution in [2.75, 3.05) is 11.9 Å². The third-order valence-corrected chi connectivity index (χ3v) is 3.59. The molecule has 0 bridgehead atoms. The molecule has 0 atom stereocenters. The number of carbonyl (C=O) groups is 3. The van der Waals surface area contributed by atoms with Crippen molar-refractivity contribution in [1.82, 2.24) is 0 Å². The number of anilines is 1. The van der Waals surface area contributed by atoms with Gasteiger partial charge in [0, 0.05) is 5.56 Å². The molecule has 0 unspecified atom stereocenters. The van der Waals surface area contributed by atoms with Gasteiger partial charge in [-0.15, -0.1) is 0 Å². The number of rotatable bonds is 7. The predicted molar refractivity (Wildman–Crippen MR) is 96.7 cm³/mol. The zero-order valence-electron chi connectivity index (χ0n) is 15.2. The van der Waals surface area contributed by atoms with Gasteiger partial charge >= 0.3 is 0 Å². The molecule has 0 aliphatic rings. The Morgan fingerprint density at radius 3 is 2.50 bits per heavy atom. The number of ketones is 1. The number of carbonyl (C=O) groups excluding carboxylic acids is 3. The highest BCUT2D eigenvalue weighted by Gasteiger charge is 2.26. The molecule has 2 aromatic rings. The van der Waals surface area contributed by atoms with Crippen molar-refractivity contribution in [2.45, 2.75) is 27.7 Å². The van der Waals surface area contributed by atoms with E-state index >= 15 is 0 Å². The summed E-state index contributed by atoms with van der Waals surface area (Å²) in [5, 5.41) is 2.50. The second-order valence-corrected chi connectivity index (χ2v) is 6.34. The van der Waals surface area contributed by atoms with Gasteiger partial charge in [0.15, 0.2) is 5.78 Å². The number of aryl methyl sites for hydroxylation is 1. The maximum absolute atomic E-state index is 12.5. The number of hydrogen-bond donors (Lipinski definition) is 2. The minimum absolute atomic E-state index is 0.0711. The molecule has 7 heteroatoms. The van der Waals surface area contributed by atoms with Crippen molar-refractivity contribution >= 4 is 23.5 Å². The first-order valence-corrected chi connectivity index (χ1v) is 8.19. The lowest BCUT2D eigenvalue weighted by molar-refractivity contribution is 0.0974. The molecule has 0 spiro atoms. The van der Waals surface area contributed by atoms with Crippen molar-refractivity contribution in [1.29, 1.82) is 0 Å². The fraction of sp³-hybridized carbons (Fsp3) is 0.316. The highest BCUT2D eigenvalue weighted by Crippen LogP contribution is 2.28. The molecule has 0 saturated carbocycles. The summed E-state index contributed by atoms with van der Waals surface area (Å²) in [6.45, 7) is 7.39. The summed E-state index contributed by atoms with van der Waals surface area (Å²) in [5.41, 5.74) is 5.61. The number of primary amides is 1. The lowest BCUT2D eigenvalue weighted by Gasteiger charge is -2.10. The van der Waals surface area contributed by atoms with E-state index in [0.29, 0.717) is 23.8 Å². The van der Waals surface area contributed by atoms with Crippen LogP contribution in [-0.2, 0) is 0 Å². The summed E-state index contributed by atoms with van der Waals surface area (Å²) in [5.74, 6) is -0.745. The molecule has 0 radical (unpaired) electrons. The Kier molecular flexibility index (Phi) is 5.82. The summed E-state index contributed by atoms with van der Waals surface area (Å²) in [6, 6.07) is 6.62. The van der Waals surface area contributed by atoms with Crippen LogP contribution in [0.2, 0.25) is 0 Å². The average molecular weight is 358 g/mol. The van der Waals surface area contributed by atoms with Gasteiger partial charge in [-0.2, -0.15) is 0 Å². The van der Waals surface area contributed by atoms with E-state index in [-0.39, 0.29) is 28.6 Å². The number of nitrogens with two attached hydrogens (primary N) is 1. The fourth-order valence-corrected chi connectivity index (χ4v) is 2.46. The largest absolute Gasteiger partial charge is 0.493 e. The summed E-state index contributed by atoms with van der Waals surface area (Å²) in [7, 11) is 0. The first kappa shape index (κ1) is 19.2. The normalized spacial score (nSPS) is 10.7. The smallest absolute Gasteiger partial charge is 0.258 e. The highest BCUT2D eigenvalue weighted by molar-refractivity contribution is 6.13. The Bertz CT molecular complexity index is 852. The van der Waals surface area contributed by atoms with Gasteiger partial charge in [-0.3, -0.25) is 19.7 Å². The Balaban J connectivity index is 2.28. The highest BCUT2D eigenvalue weighted by atomic mass is 16.5. The molecule has 0 aliphatic carbocycles. The fourth-order valence-electron chi connectivity index (χ4n) is 2.46. The number of nitrogens with one attached hydrogen (secondary N) is 1. The van der Waals surface area contributed by atoms with Crippen molar-refractivity contribution in [3.05, 3.63) is 46.7 Å². The maximum atomic E-state index is 12.5. The standard InChI is InChI=1S/C19H22N2O5/c1-10(2)9-25-14-7-5-6-13(8-14)18(24)21-19-16(17(20)23)15(11(3)22)12(4)26-19/h5-8,10H,9H2,1-4H3,(H2,20,23)(H,21,24). The predicted octanol–water partition coefficient (Wildman–Crippen LogP) is 3.18. The van der Waals surface area contributed by atoms with Gasteiger partial charge in [0.2, 0.25) is 5.88 Å². The molecule has 26 heavy (non-hydrogen) atoms. The van der Waals surface area contributed by atoms with Crippen LogP contribution in [-0.4, -0.2) is 24.2 Å². The van der Waals surface area contributed by atoms with Crippen LogP contribution >= 0.6 is 0 Å². The molecular weight excluding hydrogens is 336 g/mol. The first-order valence-electron chi connectivity index (χ1n) is 8.19. The minimum atomic E-state index is -0.851. The van der Waals surface area contributed by atoms with Gasteiger partial charge in [-0.1, -0.05) is 19.9 Å². The van der Waals surface area contributed by atoms with Crippen LogP contribution in [0.15, 0.2) is 28.7 Å². The Labute approximate surface area is 151 Å². The van der Waals surface area contributed by atoms with Gasteiger partial charge in [-0.05, 0) is 38.0 Å². The van der Waals surface area contributed by atoms with E-state index in [1.54, 1.807) is 24.3 Å². The molecule has 2 rings (SSSR count). The van der Waals surface area contributed by atoms with E-state index in [0.717, 1.165) is 0 Å². The van der Waals surface area contributed by atoms with Crippen LogP contribution in [0.25, 0.3) is 0 Å². The lowest BCUT2D eigenvalue weighted by Crippen LogP contribution is -2.19. The first-order chi connectivity index (χ1) is 12.2. The quantitative estimate of drug-likeness (QED) is 0.738. The van der Waals surface area contributed by atoms with E-state index in [1.165, 1.54) is 13.8 Å². The number of furan rings is 1. The lowest BCUT2D eigenvalue weighted by atomic mass is 10.1. The zero-order valence-corrected chi connectivity index (χ0v) is 15.2. The van der Waals surface area contributed by atoms with E-state index < -0.39 is 11.8 Å². The van der Waals surface area contributed by atoms with Gasteiger partial charge in [0.25, 0.3) is 11.8 Å². The SMILES string of the molecule is CC(=O)c1c(C)oc(NC(=O)c2cccc(OCC(C)C)c2)c1C(N)=O. The number of ether oxygens (including phenoxy) is 1. The van der Waals surface area contributed by atoms with E-state index in [2.05, 4.69) is 5.32 Å². The summed E-state index contributed by atoms with van der Waals surface area (Å²) in [6.07, 6.45) is 0. The Morgan fingerprint density at radius 1 is 1.23 bits per heavy atom. The summed E-state index contributed by atoms with van der Waals surface area (Å²) >= 11 is 0. The number of benzene rings is 1. The second-order valence-electron chi connectivity index (χ2n) is 6.34. The van der Waals surface area contributed by atoms with Crippen LogP contribution in [0.1, 0.15) is 57.6 Å². The van der Waals surface area contributed by atoms with Crippen LogP contribution in [0.4, 0.5) is 5.88 Å². The molecule has 2 amide bonds. The Morgan fingerprint density at radius 2 is 1.92 bits per heavy atom. The van der Waals surface area contributed by atoms with Crippen molar-refractivity contribution in [3.8, 4) is 5.75 Å². The Hall–Kier alpha value is -3.09. The van der Waals surface area contributed by atoms with Gasteiger partial charge in [0.1, 0.15) is 17.1 Å². The molecule has 0 fully saturated rings. The molecule has 7 nitrogen and oxygen atoms in total. The molecule has 1 aromatic carbocycles. The molecule has 0 aliphatic heterocycles. The number of amides is 2. The average Bonchev–Trinajstić information content (AvgIpc) is 2.89. The number of Topliss-reactive ketones (excluding diaryl/α,β-unsaturated/α-hetero) is 1. The summed E-state index contributed by atoms with van der Waals surface area (Å²) in [4.78, 5) is 36.0. The van der Waals surface area contributed by atoms with E-state index in [9.17, 15) is 14.4 Å². The van der Waals surface area contributed by atoms with Crippen molar-refractivity contribution in [2.24, 2.45) is 11.7 Å². The molecule has 138 valence electrons. The monoisotopic (exact) mass is 358 g/mol. The molecular formula is C19H22N2O5. The van der Waals surface area contributed by atoms with Gasteiger partial charge in [-0.25, -0.2) is 0 Å². The van der Waals surface area contributed by atoms with Crippen LogP contribution in [0, 0.1) is 12.8 Å². The van der Waals surface area contributed by atoms with Crippen molar-refractivity contribution < 1.29 is 23.5 Å². The van der Waals surface area contributed by atoms with E-state index in [1.807, 2.05) is 13.8 Å². The van der Waals surface area contributed by atoms with Crippen LogP contribution in [0.3, 0.4) is 0 Å². The van der Waals surface area contributed by atoms with Gasteiger partial charge in [0.05, 0.1) is 12.2 Å². The van der Waals surface area contributed by atoms with Crippen LogP contribution in [0.5, 0.6) is 5.75 Å². The molecule has 0 saturated heterocycles. The maximum Gasteiger partial charge on any atom is 0.258 e. The van der Waals surface area contributed by atoms with Crippen molar-refractivity contribution in [3.63, 3.8) is 0 Å². The van der Waals surface area contributed by atoms with Gasteiger partial charge < -0.3 is 14.9 Å². The third kappa shape index (κ3) is 4.30. The third-order valence-electron chi connectivity index (χ3n) is 3.59. The molecule has 1 aromatic heterocycles. The molecule has 3 N–H and O–H groups in total. The molecule has 1 heterocycles.